The predicted octanol–water partition coefficient (Wildman–Crippen LogP) is 2.45. The molecule has 19 heavy (non-hydrogen) atoms. The molecule has 1 atom stereocenters. The lowest BCUT2D eigenvalue weighted by Crippen LogP contribution is -2.20. The van der Waals surface area contributed by atoms with Crippen molar-refractivity contribution in [1.29, 1.82) is 0 Å². The fraction of sp³-hybridized carbons (Fsp3) is 0.214. The summed E-state index contributed by atoms with van der Waals surface area (Å²) in [6, 6.07) is 6.91. The highest BCUT2D eigenvalue weighted by molar-refractivity contribution is 5.33. The number of nitrogens with two attached hydrogens (primary N) is 1. The van der Waals surface area contributed by atoms with Crippen molar-refractivity contribution in [2.45, 2.75) is 12.5 Å². The molecular formula is C14H15F2N3. The zero-order valence-electron chi connectivity index (χ0n) is 10.5. The van der Waals surface area contributed by atoms with E-state index in [0.717, 1.165) is 11.6 Å². The highest BCUT2D eigenvalue weighted by Gasteiger charge is 2.15. The Kier molecular flexibility index (Phi) is 4.06. The second-order valence-corrected chi connectivity index (χ2v) is 4.30. The predicted molar refractivity (Wildman–Crippen MR) is 70.5 cm³/mol. The molecule has 2 rings (SSSR count). The van der Waals surface area contributed by atoms with Crippen LogP contribution in [0.25, 0.3) is 0 Å². The van der Waals surface area contributed by atoms with Gasteiger partial charge in [0.1, 0.15) is 17.5 Å². The molecule has 0 saturated carbocycles. The molecule has 0 fully saturated rings. The quantitative estimate of drug-likeness (QED) is 0.890. The highest BCUT2D eigenvalue weighted by Crippen LogP contribution is 2.22. The smallest absolute Gasteiger partial charge is 0.130 e. The number of hydrogen-bond acceptors (Lipinski definition) is 3. The van der Waals surface area contributed by atoms with Gasteiger partial charge in [-0.2, -0.15) is 0 Å². The molecule has 0 spiro atoms. The van der Waals surface area contributed by atoms with Gasteiger partial charge in [-0.05, 0) is 37.2 Å². The summed E-state index contributed by atoms with van der Waals surface area (Å²) in [6.45, 7) is 0. The number of benzene rings is 1. The summed E-state index contributed by atoms with van der Waals surface area (Å²) in [5, 5.41) is 3.02. The Balaban J connectivity index is 2.25. The first-order chi connectivity index (χ1) is 9.10. The largest absolute Gasteiger partial charge is 0.384 e. The summed E-state index contributed by atoms with van der Waals surface area (Å²) in [5.41, 5.74) is 6.98. The van der Waals surface area contributed by atoms with Gasteiger partial charge >= 0.3 is 0 Å². The maximum absolute atomic E-state index is 13.8. The Labute approximate surface area is 110 Å². The van der Waals surface area contributed by atoms with E-state index in [9.17, 15) is 8.78 Å². The fourth-order valence-corrected chi connectivity index (χ4v) is 2.01. The van der Waals surface area contributed by atoms with E-state index in [1.165, 1.54) is 12.1 Å². The van der Waals surface area contributed by atoms with Crippen LogP contribution in [0.1, 0.15) is 17.2 Å². The third-order valence-electron chi connectivity index (χ3n) is 2.97. The Morgan fingerprint density at radius 3 is 2.68 bits per heavy atom. The van der Waals surface area contributed by atoms with Crippen molar-refractivity contribution in [1.82, 2.24) is 10.3 Å². The molecule has 0 bridgehead atoms. The van der Waals surface area contributed by atoms with Crippen LogP contribution in [0, 0.1) is 11.6 Å². The first kappa shape index (κ1) is 13.4. The Hall–Kier alpha value is -2.01. The van der Waals surface area contributed by atoms with E-state index >= 15 is 0 Å². The van der Waals surface area contributed by atoms with E-state index < -0.39 is 11.6 Å². The van der Waals surface area contributed by atoms with E-state index in [4.69, 9.17) is 5.73 Å². The van der Waals surface area contributed by atoms with Crippen molar-refractivity contribution in [2.75, 3.05) is 12.8 Å². The number of nitrogen functional groups attached to an aromatic ring is 1. The molecule has 1 heterocycles. The first-order valence-corrected chi connectivity index (χ1v) is 5.92. The van der Waals surface area contributed by atoms with Gasteiger partial charge in [0.15, 0.2) is 0 Å². The van der Waals surface area contributed by atoms with Gasteiger partial charge in [0, 0.05) is 23.9 Å². The van der Waals surface area contributed by atoms with Crippen LogP contribution in [0.15, 0.2) is 36.5 Å². The van der Waals surface area contributed by atoms with Crippen molar-refractivity contribution in [2.24, 2.45) is 0 Å². The third kappa shape index (κ3) is 3.26. The standard InChI is InChI=1S/C14H15F2N3/c1-18-13(6-9-4-5-19-14(17)7-9)11-3-2-10(15)8-12(11)16/h2-5,7-8,13,18H,6H2,1H3,(H2,17,19). The van der Waals surface area contributed by atoms with Gasteiger partial charge in [0.2, 0.25) is 0 Å². The van der Waals surface area contributed by atoms with Crippen LogP contribution in [0.5, 0.6) is 0 Å². The van der Waals surface area contributed by atoms with Crippen molar-refractivity contribution >= 4 is 5.82 Å². The topological polar surface area (TPSA) is 50.9 Å². The normalized spacial score (nSPS) is 12.4. The Morgan fingerprint density at radius 1 is 1.26 bits per heavy atom. The number of aromatic nitrogens is 1. The zero-order valence-corrected chi connectivity index (χ0v) is 10.5. The van der Waals surface area contributed by atoms with Gasteiger partial charge in [0.05, 0.1) is 0 Å². The molecule has 3 N–H and O–H groups in total. The molecule has 5 heteroatoms. The highest BCUT2D eigenvalue weighted by atomic mass is 19.1. The van der Waals surface area contributed by atoms with Crippen molar-refractivity contribution in [3.8, 4) is 0 Å². The van der Waals surface area contributed by atoms with E-state index in [-0.39, 0.29) is 6.04 Å². The van der Waals surface area contributed by atoms with Crippen LogP contribution in [0.4, 0.5) is 14.6 Å². The van der Waals surface area contributed by atoms with E-state index in [1.807, 2.05) is 6.07 Å². The molecular weight excluding hydrogens is 248 g/mol. The maximum Gasteiger partial charge on any atom is 0.130 e. The lowest BCUT2D eigenvalue weighted by atomic mass is 9.99. The molecule has 1 aromatic heterocycles. The monoisotopic (exact) mass is 263 g/mol. The molecule has 0 radical (unpaired) electrons. The number of pyridine rings is 1. The van der Waals surface area contributed by atoms with Crippen LogP contribution in [-0.4, -0.2) is 12.0 Å². The summed E-state index contributed by atoms with van der Waals surface area (Å²) < 4.78 is 26.7. The van der Waals surface area contributed by atoms with Crippen molar-refractivity contribution in [3.05, 3.63) is 59.3 Å². The summed E-state index contributed by atoms with van der Waals surface area (Å²) in [7, 11) is 1.73. The van der Waals surface area contributed by atoms with Crippen molar-refractivity contribution in [3.63, 3.8) is 0 Å². The summed E-state index contributed by atoms with van der Waals surface area (Å²) in [5.74, 6) is -0.711. The molecule has 0 aliphatic heterocycles. The van der Waals surface area contributed by atoms with Gasteiger partial charge in [0.25, 0.3) is 0 Å². The van der Waals surface area contributed by atoms with Gasteiger partial charge in [-0.3, -0.25) is 0 Å². The number of likely N-dealkylation sites (N-methyl/N-ethyl adjacent to an activating group) is 1. The van der Waals surface area contributed by atoms with E-state index in [1.54, 1.807) is 19.3 Å². The van der Waals surface area contributed by atoms with E-state index in [2.05, 4.69) is 10.3 Å². The second kappa shape index (κ2) is 5.75. The fourth-order valence-electron chi connectivity index (χ4n) is 2.01. The molecule has 0 amide bonds. The summed E-state index contributed by atoms with van der Waals surface area (Å²) in [4.78, 5) is 3.91. The average molecular weight is 263 g/mol. The number of anilines is 1. The molecule has 1 aromatic carbocycles. The minimum Gasteiger partial charge on any atom is -0.384 e. The van der Waals surface area contributed by atoms with Crippen LogP contribution in [-0.2, 0) is 6.42 Å². The lowest BCUT2D eigenvalue weighted by Gasteiger charge is -2.17. The zero-order chi connectivity index (χ0) is 13.8. The van der Waals surface area contributed by atoms with Crippen LogP contribution in [0.2, 0.25) is 0 Å². The SMILES string of the molecule is CNC(Cc1ccnc(N)c1)c1ccc(F)cc1F. The number of nitrogens with zero attached hydrogens (tertiary/aromatic N) is 1. The third-order valence-corrected chi connectivity index (χ3v) is 2.97. The molecule has 2 aromatic rings. The van der Waals surface area contributed by atoms with Crippen LogP contribution >= 0.6 is 0 Å². The molecule has 1 unspecified atom stereocenters. The number of halogens is 2. The molecule has 3 nitrogen and oxygen atoms in total. The minimum absolute atomic E-state index is 0.248. The first-order valence-electron chi connectivity index (χ1n) is 5.92. The maximum atomic E-state index is 13.8. The van der Waals surface area contributed by atoms with E-state index in [0.29, 0.717) is 17.8 Å². The van der Waals surface area contributed by atoms with Gasteiger partial charge in [-0.25, -0.2) is 13.8 Å². The summed E-state index contributed by atoms with van der Waals surface area (Å²) in [6.07, 6.45) is 2.16. The molecule has 0 aliphatic carbocycles. The Morgan fingerprint density at radius 2 is 2.05 bits per heavy atom. The van der Waals surface area contributed by atoms with Crippen molar-refractivity contribution < 1.29 is 8.78 Å². The van der Waals surface area contributed by atoms with Gasteiger partial charge < -0.3 is 11.1 Å². The van der Waals surface area contributed by atoms with Gasteiger partial charge in [-0.1, -0.05) is 6.07 Å². The molecule has 0 aliphatic rings. The Bertz CT molecular complexity index is 572. The average Bonchev–Trinajstić information content (AvgIpc) is 2.37. The van der Waals surface area contributed by atoms with Crippen LogP contribution in [0.3, 0.4) is 0 Å². The summed E-state index contributed by atoms with van der Waals surface area (Å²) >= 11 is 0. The van der Waals surface area contributed by atoms with Crippen LogP contribution < -0.4 is 11.1 Å². The number of nitrogens with one attached hydrogen (secondary N) is 1. The minimum atomic E-state index is -0.579. The van der Waals surface area contributed by atoms with Gasteiger partial charge in [-0.15, -0.1) is 0 Å². The molecule has 100 valence electrons. The second-order valence-electron chi connectivity index (χ2n) is 4.30. The lowest BCUT2D eigenvalue weighted by molar-refractivity contribution is 0.521. The number of rotatable bonds is 4. The molecule has 0 saturated heterocycles. The number of hydrogen-bond donors (Lipinski definition) is 2.